The molecule has 0 spiro atoms. The molecular formula is C28H31N. The van der Waals surface area contributed by atoms with E-state index in [2.05, 4.69) is 65.6 Å². The summed E-state index contributed by atoms with van der Waals surface area (Å²) < 4.78 is 0. The van der Waals surface area contributed by atoms with Crippen LogP contribution >= 0.6 is 0 Å². The van der Waals surface area contributed by atoms with Crippen molar-refractivity contribution in [1.29, 1.82) is 0 Å². The van der Waals surface area contributed by atoms with Gasteiger partial charge in [-0.05, 0) is 72.3 Å². The van der Waals surface area contributed by atoms with Gasteiger partial charge < -0.3 is 0 Å². The molecule has 2 aliphatic rings. The van der Waals surface area contributed by atoms with Crippen molar-refractivity contribution in [3.05, 3.63) is 78.5 Å². The number of aromatic nitrogens is 1. The largest absolute Gasteiger partial charge is 0.256 e. The second-order valence-electron chi connectivity index (χ2n) is 9.07. The summed E-state index contributed by atoms with van der Waals surface area (Å²) in [6.07, 6.45) is 13.5. The molecule has 3 aromatic rings. The van der Waals surface area contributed by atoms with Crippen LogP contribution in [0.3, 0.4) is 0 Å². The third kappa shape index (κ3) is 4.15. The smallest absolute Gasteiger partial charge is 0.0708 e. The van der Waals surface area contributed by atoms with Gasteiger partial charge in [-0.1, -0.05) is 80.3 Å². The van der Waals surface area contributed by atoms with Crippen molar-refractivity contribution < 1.29 is 0 Å². The van der Waals surface area contributed by atoms with Crippen molar-refractivity contribution in [2.45, 2.75) is 57.3 Å². The first kappa shape index (κ1) is 18.6. The van der Waals surface area contributed by atoms with Crippen LogP contribution in [0.1, 0.15) is 62.8 Å². The van der Waals surface area contributed by atoms with E-state index in [1.54, 1.807) is 0 Å². The summed E-state index contributed by atoms with van der Waals surface area (Å²) in [5.41, 5.74) is 6.28. The summed E-state index contributed by atoms with van der Waals surface area (Å²) in [7, 11) is 0. The molecule has 1 nitrogen and oxygen atoms in total. The van der Waals surface area contributed by atoms with Gasteiger partial charge in [0.25, 0.3) is 0 Å². The molecule has 1 aromatic heterocycles. The third-order valence-electron chi connectivity index (χ3n) is 7.38. The molecule has 0 unspecified atom stereocenters. The monoisotopic (exact) mass is 381 g/mol. The van der Waals surface area contributed by atoms with E-state index in [0.717, 1.165) is 23.4 Å². The zero-order valence-electron chi connectivity index (χ0n) is 17.3. The van der Waals surface area contributed by atoms with Crippen LogP contribution in [-0.2, 0) is 0 Å². The Morgan fingerprint density at radius 2 is 1.28 bits per heavy atom. The zero-order valence-corrected chi connectivity index (χ0v) is 17.3. The fourth-order valence-corrected chi connectivity index (χ4v) is 5.68. The topological polar surface area (TPSA) is 12.9 Å². The first-order chi connectivity index (χ1) is 14.4. The lowest BCUT2D eigenvalue weighted by Gasteiger charge is -2.32. The molecule has 29 heavy (non-hydrogen) atoms. The van der Waals surface area contributed by atoms with E-state index in [0.29, 0.717) is 0 Å². The number of hydrogen-bond donors (Lipinski definition) is 0. The molecule has 0 bridgehead atoms. The van der Waals surface area contributed by atoms with E-state index < -0.39 is 0 Å². The molecule has 2 aromatic carbocycles. The van der Waals surface area contributed by atoms with E-state index in [4.69, 9.17) is 0 Å². The Balaban J connectivity index is 1.27. The first-order valence-electron chi connectivity index (χ1n) is 11.5. The fourth-order valence-electron chi connectivity index (χ4n) is 5.68. The molecule has 5 rings (SSSR count). The van der Waals surface area contributed by atoms with Gasteiger partial charge in [0.15, 0.2) is 0 Å². The maximum absolute atomic E-state index is 4.57. The number of nitrogens with zero attached hydrogens (tertiary/aromatic N) is 1. The molecule has 1 heteroatoms. The van der Waals surface area contributed by atoms with Gasteiger partial charge in [-0.15, -0.1) is 0 Å². The van der Waals surface area contributed by atoms with Crippen LogP contribution in [0.15, 0.2) is 72.9 Å². The number of rotatable bonds is 4. The molecule has 0 atom stereocenters. The minimum Gasteiger partial charge on any atom is -0.256 e. The summed E-state index contributed by atoms with van der Waals surface area (Å²) in [6, 6.07) is 24.1. The predicted molar refractivity (Wildman–Crippen MR) is 122 cm³/mol. The number of pyridine rings is 1. The average molecular weight is 382 g/mol. The van der Waals surface area contributed by atoms with E-state index in [9.17, 15) is 0 Å². The number of benzene rings is 2. The Morgan fingerprint density at radius 1 is 0.586 bits per heavy atom. The highest BCUT2D eigenvalue weighted by molar-refractivity contribution is 5.70. The lowest BCUT2D eigenvalue weighted by molar-refractivity contribution is 0.235. The summed E-state index contributed by atoms with van der Waals surface area (Å²) >= 11 is 0. The van der Waals surface area contributed by atoms with Crippen LogP contribution < -0.4 is 0 Å². The Morgan fingerprint density at radius 3 is 2.00 bits per heavy atom. The minimum absolute atomic E-state index is 0.763. The molecule has 0 N–H and O–H groups in total. The molecule has 1 heterocycles. The Bertz CT molecular complexity index is 914. The summed E-state index contributed by atoms with van der Waals surface area (Å²) in [6.45, 7) is 0. The second kappa shape index (κ2) is 8.53. The Labute approximate surface area is 175 Å². The van der Waals surface area contributed by atoms with Gasteiger partial charge in [0.05, 0.1) is 5.69 Å². The van der Waals surface area contributed by atoms with Crippen LogP contribution in [0.5, 0.6) is 0 Å². The summed E-state index contributed by atoms with van der Waals surface area (Å²) in [4.78, 5) is 4.57. The molecule has 2 aliphatic carbocycles. The summed E-state index contributed by atoms with van der Waals surface area (Å²) in [5, 5.41) is 0. The highest BCUT2D eigenvalue weighted by atomic mass is 14.7. The minimum atomic E-state index is 0.763. The predicted octanol–water partition coefficient (Wildman–Crippen LogP) is 7.88. The van der Waals surface area contributed by atoms with Gasteiger partial charge in [0, 0.05) is 11.8 Å². The van der Waals surface area contributed by atoms with Gasteiger partial charge in [-0.2, -0.15) is 0 Å². The van der Waals surface area contributed by atoms with Crippen molar-refractivity contribution in [3.8, 4) is 22.4 Å². The van der Waals surface area contributed by atoms with Crippen LogP contribution in [0, 0.1) is 11.8 Å². The second-order valence-corrected chi connectivity index (χ2v) is 9.07. The fraction of sp³-hybridized carbons (Fsp3) is 0.393. The van der Waals surface area contributed by atoms with Crippen LogP contribution in [0.2, 0.25) is 0 Å². The van der Waals surface area contributed by atoms with Crippen molar-refractivity contribution in [2.24, 2.45) is 11.8 Å². The molecule has 0 amide bonds. The third-order valence-corrected chi connectivity index (χ3v) is 7.38. The Hall–Kier alpha value is -2.41. The lowest BCUT2D eigenvalue weighted by atomic mass is 9.73. The van der Waals surface area contributed by atoms with Gasteiger partial charge in [0.1, 0.15) is 0 Å². The maximum Gasteiger partial charge on any atom is 0.0708 e. The number of hydrogen-bond acceptors (Lipinski definition) is 1. The Kier molecular flexibility index (Phi) is 5.47. The van der Waals surface area contributed by atoms with Gasteiger partial charge >= 0.3 is 0 Å². The molecule has 0 radical (unpaired) electrons. The van der Waals surface area contributed by atoms with Crippen molar-refractivity contribution >= 4 is 0 Å². The van der Waals surface area contributed by atoms with Crippen LogP contribution in [-0.4, -0.2) is 4.98 Å². The van der Waals surface area contributed by atoms with Gasteiger partial charge in [-0.25, -0.2) is 0 Å². The van der Waals surface area contributed by atoms with E-state index in [1.807, 2.05) is 12.3 Å². The average Bonchev–Trinajstić information content (AvgIpc) is 3.35. The molecule has 2 fully saturated rings. The molecule has 2 saturated carbocycles. The normalized spacial score (nSPS) is 22.6. The molecular weight excluding hydrogens is 350 g/mol. The maximum atomic E-state index is 4.57. The van der Waals surface area contributed by atoms with Crippen molar-refractivity contribution in [1.82, 2.24) is 4.98 Å². The summed E-state index contributed by atoms with van der Waals surface area (Å²) in [5.74, 6) is 2.82. The van der Waals surface area contributed by atoms with Crippen molar-refractivity contribution in [3.63, 3.8) is 0 Å². The molecule has 0 aliphatic heterocycles. The highest BCUT2D eigenvalue weighted by Crippen LogP contribution is 2.43. The van der Waals surface area contributed by atoms with Gasteiger partial charge in [-0.3, -0.25) is 4.98 Å². The lowest BCUT2D eigenvalue weighted by Crippen LogP contribution is -2.19. The van der Waals surface area contributed by atoms with E-state index in [1.165, 1.54) is 73.6 Å². The van der Waals surface area contributed by atoms with Gasteiger partial charge in [0.2, 0.25) is 0 Å². The first-order valence-corrected chi connectivity index (χ1v) is 11.5. The van der Waals surface area contributed by atoms with E-state index in [-0.39, 0.29) is 0 Å². The SMILES string of the molecule is c1ccc(-c2cc(-c3ccc(C4CCC(C5CCCC5)CC4)cc3)ccn2)cc1. The quantitative estimate of drug-likeness (QED) is 0.448. The zero-order chi connectivity index (χ0) is 19.5. The standard InChI is InChI=1S/C28H31N/c1-2-8-26(9-3-1)28-20-27(18-19-29-28)25-16-14-24(15-17-25)23-12-10-22(11-13-23)21-6-4-5-7-21/h1-3,8-9,14-23H,4-7,10-13H2. The highest BCUT2D eigenvalue weighted by Gasteiger charge is 2.29. The van der Waals surface area contributed by atoms with Crippen LogP contribution in [0.25, 0.3) is 22.4 Å². The molecule has 0 saturated heterocycles. The van der Waals surface area contributed by atoms with Crippen LogP contribution in [0.4, 0.5) is 0 Å². The molecule has 148 valence electrons. The van der Waals surface area contributed by atoms with E-state index >= 15 is 0 Å². The van der Waals surface area contributed by atoms with Crippen molar-refractivity contribution in [2.75, 3.05) is 0 Å².